The Kier molecular flexibility index (Phi) is 8.13. The maximum atomic E-state index is 13.4. The van der Waals surface area contributed by atoms with Crippen LogP contribution in [-0.2, 0) is 0 Å². The van der Waals surface area contributed by atoms with Crippen molar-refractivity contribution in [3.8, 4) is 0 Å². The maximum Gasteiger partial charge on any atom is 0.326 e. The maximum absolute atomic E-state index is 13.4. The Morgan fingerprint density at radius 2 is 1.69 bits per heavy atom. The zero-order valence-electron chi connectivity index (χ0n) is 17.5. The number of aliphatic hydroxyl groups is 1. The van der Waals surface area contributed by atoms with Crippen LogP contribution in [0, 0.1) is 6.57 Å². The molecule has 2 amide bonds. The van der Waals surface area contributed by atoms with Crippen molar-refractivity contribution in [2.24, 2.45) is 0 Å². The molecule has 3 aromatic rings. The van der Waals surface area contributed by atoms with Gasteiger partial charge >= 0.3 is 6.03 Å². The number of nitrogens with one attached hydrogen (secondary N) is 1. The quantitative estimate of drug-likeness (QED) is 0.353. The molecule has 2 atom stereocenters. The molecule has 2 unspecified atom stereocenters. The summed E-state index contributed by atoms with van der Waals surface area (Å²) in [6, 6.07) is 19.6. The monoisotopic (exact) mass is 467 g/mol. The molecular weight excluding hydrogens is 445 g/mol. The van der Waals surface area contributed by atoms with Crippen LogP contribution in [0.5, 0.6) is 0 Å². The number of hydrogen-bond acceptors (Lipinski definition) is 2. The Hall–Kier alpha value is -3.04. The van der Waals surface area contributed by atoms with Crippen molar-refractivity contribution in [3.05, 3.63) is 99.8 Å². The summed E-state index contributed by atoms with van der Waals surface area (Å²) in [5.41, 5.74) is 2.19. The first-order valence-electron chi connectivity index (χ1n) is 10.2. The molecule has 0 heterocycles. The Morgan fingerprint density at radius 1 is 1.06 bits per heavy atom. The van der Waals surface area contributed by atoms with Crippen LogP contribution < -0.4 is 10.2 Å². The number of nitrogens with zero attached hydrogens (tertiary/aromatic N) is 2. The Balaban J connectivity index is 2.01. The van der Waals surface area contributed by atoms with Crippen molar-refractivity contribution in [2.75, 3.05) is 10.2 Å². The third-order valence-corrected chi connectivity index (χ3v) is 5.54. The van der Waals surface area contributed by atoms with Crippen LogP contribution in [0.1, 0.15) is 31.4 Å². The standard InChI is InChI=1S/C25H23Cl2N3O2/c1-3-5-23(24(31)17-6-4-7-21(16-17)28-2)30(22-14-10-19(27)11-15-22)25(32)29-20-12-8-18(26)9-13-20/h4,6-16,23-24,31H,3,5H2,1H3,(H,29,32). The molecule has 164 valence electrons. The molecule has 7 heteroatoms. The van der Waals surface area contributed by atoms with Gasteiger partial charge in [0.2, 0.25) is 0 Å². The molecule has 0 aliphatic carbocycles. The van der Waals surface area contributed by atoms with E-state index in [1.807, 2.05) is 6.92 Å². The topological polar surface area (TPSA) is 56.9 Å². The molecule has 0 aliphatic rings. The summed E-state index contributed by atoms with van der Waals surface area (Å²) in [5.74, 6) is 0. The second kappa shape index (κ2) is 11.0. The minimum Gasteiger partial charge on any atom is -0.386 e. The van der Waals surface area contributed by atoms with Gasteiger partial charge in [0.1, 0.15) is 0 Å². The van der Waals surface area contributed by atoms with Gasteiger partial charge in [-0.2, -0.15) is 0 Å². The van der Waals surface area contributed by atoms with Gasteiger partial charge in [0, 0.05) is 21.4 Å². The zero-order chi connectivity index (χ0) is 23.1. The van der Waals surface area contributed by atoms with Crippen molar-refractivity contribution in [1.29, 1.82) is 0 Å². The second-order valence-corrected chi connectivity index (χ2v) is 8.16. The number of hydrogen-bond donors (Lipinski definition) is 2. The average molecular weight is 468 g/mol. The Morgan fingerprint density at radius 3 is 2.28 bits per heavy atom. The molecular formula is C25H23Cl2N3O2. The van der Waals surface area contributed by atoms with Crippen LogP contribution in [0.15, 0.2) is 72.8 Å². The molecule has 0 saturated heterocycles. The third kappa shape index (κ3) is 5.80. The minimum absolute atomic E-state index is 0.395. The van der Waals surface area contributed by atoms with Gasteiger partial charge in [-0.25, -0.2) is 9.64 Å². The summed E-state index contributed by atoms with van der Waals surface area (Å²) in [7, 11) is 0. The number of urea groups is 1. The second-order valence-electron chi connectivity index (χ2n) is 7.29. The fraction of sp³-hybridized carbons (Fsp3) is 0.200. The van der Waals surface area contributed by atoms with E-state index in [9.17, 15) is 9.90 Å². The van der Waals surface area contributed by atoms with Crippen molar-refractivity contribution >= 4 is 46.3 Å². The molecule has 0 fully saturated rings. The molecule has 5 nitrogen and oxygen atoms in total. The van der Waals surface area contributed by atoms with Gasteiger partial charge in [-0.05, 0) is 60.5 Å². The summed E-state index contributed by atoms with van der Waals surface area (Å²) in [6.07, 6.45) is 0.283. The van der Waals surface area contributed by atoms with Gasteiger partial charge in [-0.15, -0.1) is 0 Å². The summed E-state index contributed by atoms with van der Waals surface area (Å²) < 4.78 is 0. The van der Waals surface area contributed by atoms with Gasteiger partial charge in [0.25, 0.3) is 0 Å². The largest absolute Gasteiger partial charge is 0.386 e. The lowest BCUT2D eigenvalue weighted by molar-refractivity contribution is 0.138. The SMILES string of the molecule is [C-]#[N+]c1cccc(C(O)C(CCC)N(C(=O)Nc2ccc(Cl)cc2)c2ccc(Cl)cc2)c1. The normalized spacial score (nSPS) is 12.5. The fourth-order valence-corrected chi connectivity index (χ4v) is 3.75. The van der Waals surface area contributed by atoms with Crippen molar-refractivity contribution in [2.45, 2.75) is 31.9 Å². The van der Waals surface area contributed by atoms with Crippen LogP contribution in [-0.4, -0.2) is 17.2 Å². The lowest BCUT2D eigenvalue weighted by Gasteiger charge is -2.35. The van der Waals surface area contributed by atoms with Crippen molar-refractivity contribution in [3.63, 3.8) is 0 Å². The summed E-state index contributed by atoms with van der Waals surface area (Å²) >= 11 is 12.0. The van der Waals surface area contributed by atoms with E-state index in [1.54, 1.807) is 77.7 Å². The van der Waals surface area contributed by atoms with Gasteiger partial charge in [-0.3, -0.25) is 4.90 Å². The lowest BCUT2D eigenvalue weighted by atomic mass is 9.96. The van der Waals surface area contributed by atoms with Gasteiger partial charge in [-0.1, -0.05) is 60.8 Å². The first-order chi connectivity index (χ1) is 15.4. The number of carbonyl (C=O) groups excluding carboxylic acids is 1. The highest BCUT2D eigenvalue weighted by Crippen LogP contribution is 2.32. The molecule has 0 spiro atoms. The van der Waals surface area contributed by atoms with Crippen LogP contribution in [0.2, 0.25) is 10.0 Å². The van der Waals surface area contributed by atoms with E-state index >= 15 is 0 Å². The highest BCUT2D eigenvalue weighted by atomic mass is 35.5. The Labute approximate surface area is 198 Å². The minimum atomic E-state index is -0.997. The van der Waals surface area contributed by atoms with Gasteiger partial charge < -0.3 is 10.4 Å². The van der Waals surface area contributed by atoms with Gasteiger partial charge in [0.15, 0.2) is 5.69 Å². The van der Waals surface area contributed by atoms with E-state index in [-0.39, 0.29) is 0 Å². The molecule has 0 aliphatic heterocycles. The molecule has 0 saturated carbocycles. The van der Waals surface area contributed by atoms with E-state index in [1.165, 1.54) is 0 Å². The molecule has 2 N–H and O–H groups in total. The number of carbonyl (C=O) groups is 1. The molecule has 3 aromatic carbocycles. The summed E-state index contributed by atoms with van der Waals surface area (Å²) in [6.45, 7) is 9.26. The van der Waals surface area contributed by atoms with E-state index in [0.29, 0.717) is 39.1 Å². The highest BCUT2D eigenvalue weighted by Gasteiger charge is 2.32. The number of anilines is 2. The third-order valence-electron chi connectivity index (χ3n) is 5.04. The predicted octanol–water partition coefficient (Wildman–Crippen LogP) is 7.48. The number of halogens is 2. The Bertz CT molecular complexity index is 1100. The molecule has 32 heavy (non-hydrogen) atoms. The van der Waals surface area contributed by atoms with Crippen LogP contribution >= 0.6 is 23.2 Å². The van der Waals surface area contributed by atoms with E-state index in [0.717, 1.165) is 6.42 Å². The zero-order valence-corrected chi connectivity index (χ0v) is 19.0. The van der Waals surface area contributed by atoms with Crippen LogP contribution in [0.4, 0.5) is 21.9 Å². The number of amides is 2. The van der Waals surface area contributed by atoms with E-state index < -0.39 is 18.2 Å². The first kappa shape index (κ1) is 23.6. The molecule has 0 aromatic heterocycles. The number of aliphatic hydroxyl groups excluding tert-OH is 1. The highest BCUT2D eigenvalue weighted by molar-refractivity contribution is 6.31. The molecule has 0 bridgehead atoms. The first-order valence-corrected chi connectivity index (χ1v) is 11.0. The van der Waals surface area contributed by atoms with Crippen LogP contribution in [0.25, 0.3) is 4.85 Å². The summed E-state index contributed by atoms with van der Waals surface area (Å²) in [5, 5.41) is 15.3. The van der Waals surface area contributed by atoms with Crippen molar-refractivity contribution in [1.82, 2.24) is 0 Å². The number of benzene rings is 3. The molecule has 0 radical (unpaired) electrons. The van der Waals surface area contributed by atoms with Crippen molar-refractivity contribution < 1.29 is 9.90 Å². The van der Waals surface area contributed by atoms with Crippen LogP contribution in [0.3, 0.4) is 0 Å². The van der Waals surface area contributed by atoms with Gasteiger partial charge in [0.05, 0.1) is 18.7 Å². The predicted molar refractivity (Wildman–Crippen MR) is 131 cm³/mol. The number of rotatable bonds is 7. The lowest BCUT2D eigenvalue weighted by Crippen LogP contribution is -2.46. The molecule has 3 rings (SSSR count). The van der Waals surface area contributed by atoms with E-state index in [4.69, 9.17) is 29.8 Å². The average Bonchev–Trinajstić information content (AvgIpc) is 2.81. The fourth-order valence-electron chi connectivity index (χ4n) is 3.50. The van der Waals surface area contributed by atoms with E-state index in [2.05, 4.69) is 10.2 Å². The smallest absolute Gasteiger partial charge is 0.326 e. The summed E-state index contributed by atoms with van der Waals surface area (Å²) in [4.78, 5) is 18.4.